The normalized spacial score (nSPS) is 29.2. The fourth-order valence-electron chi connectivity index (χ4n) is 1.28. The lowest BCUT2D eigenvalue weighted by atomic mass is 10.1. The zero-order chi connectivity index (χ0) is 21.0. The highest BCUT2D eigenvalue weighted by atomic mass is 32.2. The minimum Gasteiger partial charge on any atom is -0.228 e. The Morgan fingerprint density at radius 3 is 1.55 bits per heavy atom. The maximum absolute atomic E-state index is 11.9. The van der Waals surface area contributed by atoms with E-state index in [0.29, 0.717) is 0 Å². The average molecular weight is 333 g/mol. The number of hydrogen-bond acceptors (Lipinski definition) is 4. The van der Waals surface area contributed by atoms with Crippen LogP contribution in [0.4, 0.5) is 0 Å². The minimum atomic E-state index is -3.91. The van der Waals surface area contributed by atoms with Gasteiger partial charge in [0.1, 0.15) is 0 Å². The Hall–Kier alpha value is -0.180. The van der Waals surface area contributed by atoms with E-state index in [4.69, 9.17) is 13.4 Å². The standard InChI is InChI=1S/C8H17NO2S.C4H9NO2S/c1-7(2,3)9-12(10,11)8(4)5-6-8;1-4(2-3-4)8(5,6)7/h9H,5-6H2,1-4H3;2-3H2,1H3,(H2,5,6,7)/i4D3;1D3. The van der Waals surface area contributed by atoms with Gasteiger partial charge in [-0.25, -0.2) is 26.7 Å². The Morgan fingerprint density at radius 1 is 1.00 bits per heavy atom. The van der Waals surface area contributed by atoms with Crippen LogP contribution in [0, 0.1) is 0 Å². The molecule has 2 aliphatic rings. The van der Waals surface area contributed by atoms with Gasteiger partial charge in [0.25, 0.3) is 0 Å². The molecule has 0 atom stereocenters. The zero-order valence-electron chi connectivity index (χ0n) is 17.9. The first kappa shape index (κ1) is 10.5. The molecule has 2 fully saturated rings. The van der Waals surface area contributed by atoms with Crippen molar-refractivity contribution in [3.05, 3.63) is 0 Å². The topological polar surface area (TPSA) is 106 Å². The van der Waals surface area contributed by atoms with Crippen molar-refractivity contribution in [3.63, 3.8) is 0 Å². The number of nitrogens with two attached hydrogens (primary N) is 1. The first-order valence-corrected chi connectivity index (χ1v) is 9.21. The molecule has 6 nitrogen and oxygen atoms in total. The molecule has 2 saturated carbocycles. The predicted molar refractivity (Wildman–Crippen MR) is 80.2 cm³/mol. The highest BCUT2D eigenvalue weighted by Crippen LogP contribution is 2.42. The second kappa shape index (κ2) is 4.93. The highest BCUT2D eigenvalue weighted by Gasteiger charge is 2.51. The van der Waals surface area contributed by atoms with Gasteiger partial charge in [0.05, 0.1) is 9.49 Å². The van der Waals surface area contributed by atoms with Crippen LogP contribution >= 0.6 is 0 Å². The summed E-state index contributed by atoms with van der Waals surface area (Å²) in [5, 5.41) is 4.77. The largest absolute Gasteiger partial charge is 0.228 e. The zero-order valence-corrected chi connectivity index (χ0v) is 13.5. The first-order chi connectivity index (χ1) is 11.1. The summed E-state index contributed by atoms with van der Waals surface area (Å²) in [5.74, 6) is 0. The van der Waals surface area contributed by atoms with Crippen LogP contribution in [0.2, 0.25) is 0 Å². The van der Waals surface area contributed by atoms with Crippen LogP contribution in [0.5, 0.6) is 0 Å². The summed E-state index contributed by atoms with van der Waals surface area (Å²) in [6.07, 6.45) is 0.745. The summed E-state index contributed by atoms with van der Waals surface area (Å²) in [7, 11) is -7.69. The quantitative estimate of drug-likeness (QED) is 0.806. The van der Waals surface area contributed by atoms with E-state index in [2.05, 4.69) is 4.72 Å². The van der Waals surface area contributed by atoms with Gasteiger partial charge >= 0.3 is 0 Å². The van der Waals surface area contributed by atoms with Gasteiger partial charge in [-0.15, -0.1) is 0 Å². The van der Waals surface area contributed by atoms with Crippen molar-refractivity contribution in [1.29, 1.82) is 0 Å². The van der Waals surface area contributed by atoms with Gasteiger partial charge in [0.2, 0.25) is 20.0 Å². The van der Waals surface area contributed by atoms with Gasteiger partial charge in [-0.3, -0.25) is 0 Å². The minimum absolute atomic E-state index is 0.155. The molecule has 0 aliphatic heterocycles. The van der Waals surface area contributed by atoms with Crippen LogP contribution in [0.3, 0.4) is 0 Å². The number of rotatable bonds is 3. The smallest absolute Gasteiger partial charge is 0.217 e. The molecule has 8 heteroatoms. The molecule has 0 unspecified atom stereocenters. The summed E-state index contributed by atoms with van der Waals surface area (Å²) in [5.41, 5.74) is -0.639. The van der Waals surface area contributed by atoms with E-state index in [1.165, 1.54) is 0 Å². The molecule has 0 radical (unpaired) electrons. The van der Waals surface area contributed by atoms with Crippen LogP contribution in [0.25, 0.3) is 0 Å². The van der Waals surface area contributed by atoms with Crippen LogP contribution < -0.4 is 9.86 Å². The third kappa shape index (κ3) is 4.41. The molecule has 3 N–H and O–H groups in total. The Labute approximate surface area is 131 Å². The van der Waals surface area contributed by atoms with E-state index >= 15 is 0 Å². The van der Waals surface area contributed by atoms with Gasteiger partial charge in [-0.1, -0.05) is 0 Å². The van der Waals surface area contributed by atoms with Gasteiger partial charge in [-0.05, 0) is 60.2 Å². The first-order valence-electron chi connectivity index (χ1n) is 9.18. The van der Waals surface area contributed by atoms with Crippen LogP contribution in [0.1, 0.15) is 68.4 Å². The summed E-state index contributed by atoms with van der Waals surface area (Å²) < 4.78 is 87.2. The van der Waals surface area contributed by atoms with Crippen LogP contribution in [0.15, 0.2) is 0 Å². The van der Waals surface area contributed by atoms with Gasteiger partial charge in [-0.2, -0.15) is 0 Å². The van der Waals surface area contributed by atoms with Crippen molar-refractivity contribution in [1.82, 2.24) is 4.72 Å². The van der Waals surface area contributed by atoms with Crippen LogP contribution in [-0.2, 0) is 20.0 Å². The molecule has 2 aliphatic carbocycles. The fraction of sp³-hybridized carbons (Fsp3) is 1.00. The lowest BCUT2D eigenvalue weighted by Gasteiger charge is -2.23. The molecule has 0 aromatic carbocycles. The van der Waals surface area contributed by atoms with Crippen molar-refractivity contribution in [2.75, 3.05) is 0 Å². The van der Waals surface area contributed by atoms with E-state index in [-0.39, 0.29) is 25.7 Å². The van der Waals surface area contributed by atoms with E-state index in [9.17, 15) is 16.8 Å². The second-order valence-electron chi connectivity index (χ2n) is 6.39. The van der Waals surface area contributed by atoms with E-state index in [1.807, 2.05) is 0 Å². The van der Waals surface area contributed by atoms with Crippen LogP contribution in [-0.4, -0.2) is 31.9 Å². The molecule has 0 aromatic rings. The van der Waals surface area contributed by atoms with Crippen molar-refractivity contribution in [2.24, 2.45) is 5.14 Å². The third-order valence-corrected chi connectivity index (χ3v) is 6.72. The van der Waals surface area contributed by atoms with Crippen molar-refractivity contribution in [3.8, 4) is 0 Å². The third-order valence-electron chi connectivity index (χ3n) is 2.91. The molecular weight excluding hydrogens is 300 g/mol. The van der Waals surface area contributed by atoms with E-state index in [1.54, 1.807) is 20.8 Å². The van der Waals surface area contributed by atoms with Crippen molar-refractivity contribution in [2.45, 2.75) is 75.2 Å². The Morgan fingerprint density at radius 2 is 1.40 bits per heavy atom. The monoisotopic (exact) mass is 332 g/mol. The summed E-state index contributed by atoms with van der Waals surface area (Å²) >= 11 is 0. The summed E-state index contributed by atoms with van der Waals surface area (Å²) in [4.78, 5) is 0. The maximum Gasteiger partial charge on any atom is 0.217 e. The lowest BCUT2D eigenvalue weighted by molar-refractivity contribution is 0.484. The molecule has 20 heavy (non-hydrogen) atoms. The molecule has 0 aromatic heterocycles. The number of sulfonamides is 2. The molecule has 0 heterocycles. The Balaban J connectivity index is 0.000000273. The van der Waals surface area contributed by atoms with Gasteiger partial charge in [0.15, 0.2) is 0 Å². The van der Waals surface area contributed by atoms with E-state index in [0.717, 1.165) is 0 Å². The number of nitrogens with one attached hydrogen (secondary N) is 1. The molecular formula is C12H26N2O4S2. The lowest BCUT2D eigenvalue weighted by Crippen LogP contribution is -2.45. The number of hydrogen-bond donors (Lipinski definition) is 2. The molecule has 0 bridgehead atoms. The van der Waals surface area contributed by atoms with Crippen molar-refractivity contribution >= 4 is 20.0 Å². The Bertz CT molecular complexity index is 742. The summed E-state index contributed by atoms with van der Waals surface area (Å²) in [6, 6.07) is 0. The highest BCUT2D eigenvalue weighted by molar-refractivity contribution is 7.91. The number of primary sulfonamides is 1. The SMILES string of the molecule is [2H]C([2H])([2H])C1(S(=O)(=O)NC(C)(C)C)CC1.[2H]C([2H])([2H])C1(S(N)(=O)=O)CC1. The van der Waals surface area contributed by atoms with Gasteiger partial charge < -0.3 is 0 Å². The second-order valence-corrected chi connectivity index (χ2v) is 10.3. The molecule has 0 spiro atoms. The molecule has 0 saturated heterocycles. The fourth-order valence-corrected chi connectivity index (χ4v) is 3.59. The predicted octanol–water partition coefficient (Wildman–Crippen LogP) is 1.08. The van der Waals surface area contributed by atoms with Crippen molar-refractivity contribution < 1.29 is 25.1 Å². The molecule has 120 valence electrons. The maximum atomic E-state index is 11.9. The Kier molecular flexibility index (Phi) is 2.60. The molecule has 0 amide bonds. The molecule has 2 rings (SSSR count). The average Bonchev–Trinajstić information content (AvgIpc) is 3.17. The summed E-state index contributed by atoms with van der Waals surface area (Å²) in [6.45, 7) is 0.172. The van der Waals surface area contributed by atoms with E-state index < -0.39 is 48.8 Å². The van der Waals surface area contributed by atoms with Gasteiger partial charge in [0, 0.05) is 13.8 Å².